The van der Waals surface area contributed by atoms with Crippen molar-refractivity contribution in [2.45, 2.75) is 51.9 Å². The number of nitrogens with one attached hydrogen (secondary N) is 3. The van der Waals surface area contributed by atoms with Gasteiger partial charge in [0.2, 0.25) is 5.95 Å². The Balaban J connectivity index is 2.15. The van der Waals surface area contributed by atoms with Crippen LogP contribution in [0.4, 0.5) is 27.9 Å². The van der Waals surface area contributed by atoms with Crippen LogP contribution < -0.4 is 21.7 Å². The molecule has 9 nitrogen and oxygen atoms in total. The second-order valence-electron chi connectivity index (χ2n) is 8.88. The third-order valence-corrected chi connectivity index (χ3v) is 9.80. The Kier molecular flexibility index (Phi) is 8.23. The minimum absolute atomic E-state index is 0.0959. The van der Waals surface area contributed by atoms with Crippen LogP contribution in [0.25, 0.3) is 0 Å². The van der Waals surface area contributed by atoms with E-state index in [-0.39, 0.29) is 5.04 Å². The lowest BCUT2D eigenvalue weighted by Crippen LogP contribution is -2.40. The zero-order valence-electron chi connectivity index (χ0n) is 19.0. The molecule has 1 heterocycles. The standard InChI is InChI=1S/C21H34N6O3Si/c1-21(2,3)31(4,5)30-14-15-13-25-19(26-17-9-6-8-16(22)12-17)27-18(15)23-10-7-11-24-20(28)29/h6,8-9,12-13,24H,7,10-11,14,22H2,1-5H3,(H,28,29)(H2,23,25,26,27). The van der Waals surface area contributed by atoms with Crippen molar-refractivity contribution in [3.8, 4) is 0 Å². The molecule has 0 atom stereocenters. The molecular weight excluding hydrogens is 412 g/mol. The molecule has 0 radical (unpaired) electrons. The monoisotopic (exact) mass is 446 g/mol. The predicted molar refractivity (Wildman–Crippen MR) is 127 cm³/mol. The maximum atomic E-state index is 10.6. The zero-order valence-corrected chi connectivity index (χ0v) is 20.0. The number of nitrogens with zero attached hydrogens (tertiary/aromatic N) is 2. The van der Waals surface area contributed by atoms with Gasteiger partial charge in [-0.3, -0.25) is 0 Å². The van der Waals surface area contributed by atoms with E-state index < -0.39 is 14.4 Å². The minimum Gasteiger partial charge on any atom is -0.465 e. The highest BCUT2D eigenvalue weighted by Crippen LogP contribution is 2.37. The zero-order chi connectivity index (χ0) is 23.1. The van der Waals surface area contributed by atoms with Gasteiger partial charge in [0.05, 0.1) is 6.61 Å². The van der Waals surface area contributed by atoms with Gasteiger partial charge in [-0.05, 0) is 42.8 Å². The summed E-state index contributed by atoms with van der Waals surface area (Å²) in [6.07, 6.45) is 1.35. The molecule has 0 aliphatic heterocycles. The molecule has 2 aromatic rings. The second-order valence-corrected chi connectivity index (χ2v) is 13.7. The lowest BCUT2D eigenvalue weighted by molar-refractivity contribution is 0.194. The van der Waals surface area contributed by atoms with Crippen LogP contribution in [-0.2, 0) is 11.0 Å². The number of hydrogen-bond acceptors (Lipinski definition) is 7. The number of hydrogen-bond donors (Lipinski definition) is 5. The Hall–Kier alpha value is -2.85. The molecule has 10 heteroatoms. The molecule has 0 fully saturated rings. The van der Waals surface area contributed by atoms with E-state index in [2.05, 4.69) is 59.8 Å². The van der Waals surface area contributed by atoms with Crippen molar-refractivity contribution in [1.29, 1.82) is 0 Å². The molecule has 1 amide bonds. The minimum atomic E-state index is -1.94. The van der Waals surface area contributed by atoms with E-state index in [0.717, 1.165) is 11.3 Å². The number of nitrogen functional groups attached to an aromatic ring is 1. The number of benzene rings is 1. The highest BCUT2D eigenvalue weighted by atomic mass is 28.4. The van der Waals surface area contributed by atoms with Gasteiger partial charge < -0.3 is 31.2 Å². The molecule has 31 heavy (non-hydrogen) atoms. The van der Waals surface area contributed by atoms with E-state index in [1.165, 1.54) is 0 Å². The number of carbonyl (C=O) groups is 1. The molecule has 0 saturated carbocycles. The summed E-state index contributed by atoms with van der Waals surface area (Å²) in [5, 5.41) is 17.6. The van der Waals surface area contributed by atoms with Gasteiger partial charge in [0.15, 0.2) is 8.32 Å². The van der Waals surface area contributed by atoms with Gasteiger partial charge in [-0.2, -0.15) is 4.98 Å². The van der Waals surface area contributed by atoms with Crippen LogP contribution in [0.2, 0.25) is 18.1 Å². The Bertz CT molecular complexity index is 886. The Morgan fingerprint density at radius 1 is 1.26 bits per heavy atom. The summed E-state index contributed by atoms with van der Waals surface area (Å²) in [4.78, 5) is 19.7. The number of anilines is 4. The average Bonchev–Trinajstić information content (AvgIpc) is 2.66. The second kappa shape index (κ2) is 10.4. The maximum Gasteiger partial charge on any atom is 0.404 e. The summed E-state index contributed by atoms with van der Waals surface area (Å²) in [6, 6.07) is 7.36. The van der Waals surface area contributed by atoms with Gasteiger partial charge in [0.1, 0.15) is 5.82 Å². The van der Waals surface area contributed by atoms with Crippen molar-refractivity contribution >= 4 is 37.6 Å². The molecule has 2 rings (SSSR count). The summed E-state index contributed by atoms with van der Waals surface area (Å²) < 4.78 is 6.35. The Morgan fingerprint density at radius 3 is 2.65 bits per heavy atom. The quantitative estimate of drug-likeness (QED) is 0.206. The van der Waals surface area contributed by atoms with Gasteiger partial charge in [-0.25, -0.2) is 9.78 Å². The fourth-order valence-electron chi connectivity index (χ4n) is 2.44. The fraction of sp³-hybridized carbons (Fsp3) is 0.476. The number of carboxylic acid groups (broad SMARTS) is 1. The number of aromatic nitrogens is 2. The third kappa shape index (κ3) is 7.72. The molecule has 0 aliphatic rings. The molecule has 0 unspecified atom stereocenters. The first-order valence-electron chi connectivity index (χ1n) is 10.3. The van der Waals surface area contributed by atoms with Crippen LogP contribution in [-0.4, -0.2) is 42.6 Å². The smallest absolute Gasteiger partial charge is 0.404 e. The molecule has 1 aromatic heterocycles. The van der Waals surface area contributed by atoms with Crippen molar-refractivity contribution < 1.29 is 14.3 Å². The molecule has 6 N–H and O–H groups in total. The molecule has 0 spiro atoms. The lowest BCUT2D eigenvalue weighted by Gasteiger charge is -2.36. The van der Waals surface area contributed by atoms with Crippen molar-refractivity contribution in [3.05, 3.63) is 36.0 Å². The van der Waals surface area contributed by atoms with E-state index in [1.807, 2.05) is 24.3 Å². The third-order valence-electron chi connectivity index (χ3n) is 5.32. The first-order valence-corrected chi connectivity index (χ1v) is 13.2. The molecule has 0 aliphatic carbocycles. The van der Waals surface area contributed by atoms with E-state index in [0.29, 0.717) is 43.6 Å². The summed E-state index contributed by atoms with van der Waals surface area (Å²) in [5.74, 6) is 1.10. The summed E-state index contributed by atoms with van der Waals surface area (Å²) in [7, 11) is -1.94. The normalized spacial score (nSPS) is 11.8. The van der Waals surface area contributed by atoms with Crippen LogP contribution in [0.1, 0.15) is 32.8 Å². The van der Waals surface area contributed by atoms with Gasteiger partial charge in [0, 0.05) is 36.2 Å². The molecule has 170 valence electrons. The average molecular weight is 447 g/mol. The van der Waals surface area contributed by atoms with E-state index in [9.17, 15) is 4.79 Å². The lowest BCUT2D eigenvalue weighted by atomic mass is 10.2. The number of rotatable bonds is 10. The largest absolute Gasteiger partial charge is 0.465 e. The predicted octanol–water partition coefficient (Wildman–Crippen LogP) is 4.39. The van der Waals surface area contributed by atoms with Crippen molar-refractivity contribution in [3.63, 3.8) is 0 Å². The number of amides is 1. The first-order chi connectivity index (χ1) is 14.5. The van der Waals surface area contributed by atoms with Gasteiger partial charge >= 0.3 is 6.09 Å². The summed E-state index contributed by atoms with van der Waals surface area (Å²) in [5.41, 5.74) is 8.14. The first kappa shape index (κ1) is 24.4. The summed E-state index contributed by atoms with van der Waals surface area (Å²) in [6.45, 7) is 12.3. The maximum absolute atomic E-state index is 10.6. The molecule has 1 aromatic carbocycles. The van der Waals surface area contributed by atoms with Gasteiger partial charge in [-0.15, -0.1) is 0 Å². The van der Waals surface area contributed by atoms with Crippen LogP contribution in [0, 0.1) is 0 Å². The van der Waals surface area contributed by atoms with E-state index >= 15 is 0 Å². The highest BCUT2D eigenvalue weighted by molar-refractivity contribution is 6.74. The SMILES string of the molecule is CC(C)(C)[Si](C)(C)OCc1cnc(Nc2cccc(N)c2)nc1NCCCNC(=O)O. The van der Waals surface area contributed by atoms with Crippen molar-refractivity contribution in [2.75, 3.05) is 29.5 Å². The van der Waals surface area contributed by atoms with E-state index in [1.54, 1.807) is 6.20 Å². The van der Waals surface area contributed by atoms with E-state index in [4.69, 9.17) is 15.3 Å². The highest BCUT2D eigenvalue weighted by Gasteiger charge is 2.37. The molecule has 0 saturated heterocycles. The number of nitrogens with two attached hydrogens (primary N) is 1. The van der Waals surface area contributed by atoms with Crippen LogP contribution in [0.15, 0.2) is 30.5 Å². The van der Waals surface area contributed by atoms with Gasteiger partial charge in [-0.1, -0.05) is 26.8 Å². The van der Waals surface area contributed by atoms with Crippen LogP contribution in [0.3, 0.4) is 0 Å². The topological polar surface area (TPSA) is 134 Å². The Labute approximate surface area is 185 Å². The summed E-state index contributed by atoms with van der Waals surface area (Å²) >= 11 is 0. The fourth-order valence-corrected chi connectivity index (χ4v) is 3.39. The molecule has 0 bridgehead atoms. The van der Waals surface area contributed by atoms with Gasteiger partial charge in [0.25, 0.3) is 0 Å². The van der Waals surface area contributed by atoms with Crippen LogP contribution in [0.5, 0.6) is 0 Å². The molecular formula is C21H34N6O3Si. The Morgan fingerprint density at radius 2 is 2.00 bits per heavy atom. The van der Waals surface area contributed by atoms with Crippen molar-refractivity contribution in [2.24, 2.45) is 0 Å². The van der Waals surface area contributed by atoms with Crippen LogP contribution >= 0.6 is 0 Å². The van der Waals surface area contributed by atoms with Crippen molar-refractivity contribution in [1.82, 2.24) is 15.3 Å².